The molecule has 124 valence electrons. The third-order valence-corrected chi connectivity index (χ3v) is 5.82. The van der Waals surface area contributed by atoms with Crippen molar-refractivity contribution in [2.75, 3.05) is 4.72 Å². The first-order valence-electron chi connectivity index (χ1n) is 7.52. The van der Waals surface area contributed by atoms with E-state index in [1.54, 1.807) is 32.0 Å². The lowest BCUT2D eigenvalue weighted by molar-refractivity contribution is 0.600. The van der Waals surface area contributed by atoms with Crippen LogP contribution < -0.4 is 4.72 Å². The third kappa shape index (κ3) is 3.88. The Labute approximate surface area is 143 Å². The molecular weight excluding hydrogens is 330 g/mol. The zero-order valence-electron chi connectivity index (χ0n) is 14.1. The van der Waals surface area contributed by atoms with Gasteiger partial charge in [0.25, 0.3) is 10.0 Å². The maximum absolute atomic E-state index is 12.7. The summed E-state index contributed by atoms with van der Waals surface area (Å²) in [4.78, 5) is 0.255. The fourth-order valence-electron chi connectivity index (χ4n) is 2.64. The van der Waals surface area contributed by atoms with Crippen molar-refractivity contribution < 1.29 is 8.42 Å². The van der Waals surface area contributed by atoms with Gasteiger partial charge >= 0.3 is 0 Å². The van der Waals surface area contributed by atoms with Crippen molar-refractivity contribution in [2.24, 2.45) is 0 Å². The molecule has 1 N–H and O–H groups in total. The van der Waals surface area contributed by atoms with Gasteiger partial charge in [-0.05, 0) is 73.2 Å². The molecule has 23 heavy (non-hydrogen) atoms. The van der Waals surface area contributed by atoms with Crippen molar-refractivity contribution in [1.29, 1.82) is 0 Å². The fourth-order valence-corrected chi connectivity index (χ4v) is 4.22. The lowest BCUT2D eigenvalue weighted by Gasteiger charge is -2.15. The first-order chi connectivity index (χ1) is 10.6. The van der Waals surface area contributed by atoms with E-state index >= 15 is 0 Å². The van der Waals surface area contributed by atoms with Gasteiger partial charge in [0.05, 0.1) is 4.90 Å². The van der Waals surface area contributed by atoms with Gasteiger partial charge in [0, 0.05) is 10.7 Å². The molecule has 3 nitrogen and oxygen atoms in total. The molecule has 0 unspecified atom stereocenters. The lowest BCUT2D eigenvalue weighted by Crippen LogP contribution is -2.15. The number of hydrogen-bond donors (Lipinski definition) is 1. The molecule has 0 aliphatic heterocycles. The SMILES string of the molecule is Cc1cc(S(=O)(=O)Nc2ccc(C(C)C)c(C)c2)c(C)cc1Cl. The number of sulfonamides is 1. The average Bonchev–Trinajstić information content (AvgIpc) is 2.41. The van der Waals surface area contributed by atoms with Crippen molar-refractivity contribution in [3.8, 4) is 0 Å². The molecule has 2 aromatic carbocycles. The van der Waals surface area contributed by atoms with E-state index in [9.17, 15) is 8.42 Å². The number of aryl methyl sites for hydroxylation is 3. The molecule has 0 saturated heterocycles. The van der Waals surface area contributed by atoms with Crippen molar-refractivity contribution in [3.05, 3.63) is 57.6 Å². The van der Waals surface area contributed by atoms with Crippen LogP contribution in [0.1, 0.15) is 42.0 Å². The Morgan fingerprint density at radius 3 is 2.17 bits per heavy atom. The summed E-state index contributed by atoms with van der Waals surface area (Å²) in [6.07, 6.45) is 0. The fraction of sp³-hybridized carbons (Fsp3) is 0.333. The number of halogens is 1. The van der Waals surface area contributed by atoms with Crippen LogP contribution in [0.25, 0.3) is 0 Å². The summed E-state index contributed by atoms with van der Waals surface area (Å²) in [5.74, 6) is 0.404. The minimum absolute atomic E-state index is 0.255. The molecule has 0 amide bonds. The Balaban J connectivity index is 2.39. The van der Waals surface area contributed by atoms with E-state index < -0.39 is 10.0 Å². The van der Waals surface area contributed by atoms with Crippen LogP contribution in [0.5, 0.6) is 0 Å². The minimum Gasteiger partial charge on any atom is -0.280 e. The summed E-state index contributed by atoms with van der Waals surface area (Å²) in [7, 11) is -3.64. The van der Waals surface area contributed by atoms with Crippen LogP contribution in [0.3, 0.4) is 0 Å². The summed E-state index contributed by atoms with van der Waals surface area (Å²) in [5, 5.41) is 0.568. The van der Waals surface area contributed by atoms with Gasteiger partial charge in [-0.2, -0.15) is 0 Å². The highest BCUT2D eigenvalue weighted by atomic mass is 35.5. The van der Waals surface area contributed by atoms with E-state index in [0.717, 1.165) is 11.1 Å². The standard InChI is InChI=1S/C18H22ClNO2S/c1-11(2)16-7-6-15(8-12(16)3)20-23(21,22)18-10-13(4)17(19)9-14(18)5/h6-11,20H,1-5H3. The quantitative estimate of drug-likeness (QED) is 0.823. The second kappa shape index (κ2) is 6.54. The van der Waals surface area contributed by atoms with E-state index in [-0.39, 0.29) is 4.90 Å². The Morgan fingerprint density at radius 2 is 1.61 bits per heavy atom. The van der Waals surface area contributed by atoms with Crippen LogP contribution in [0.15, 0.2) is 35.2 Å². The third-order valence-electron chi connectivity index (χ3n) is 3.89. The summed E-state index contributed by atoms with van der Waals surface area (Å²) < 4.78 is 28.0. The number of nitrogens with one attached hydrogen (secondary N) is 1. The van der Waals surface area contributed by atoms with Crippen LogP contribution in [-0.2, 0) is 10.0 Å². The topological polar surface area (TPSA) is 46.2 Å². The maximum Gasteiger partial charge on any atom is 0.262 e. The Hall–Kier alpha value is -1.52. The van der Waals surface area contributed by atoms with Crippen LogP contribution in [0.2, 0.25) is 5.02 Å². The lowest BCUT2D eigenvalue weighted by atomic mass is 9.98. The highest BCUT2D eigenvalue weighted by molar-refractivity contribution is 7.92. The number of hydrogen-bond acceptors (Lipinski definition) is 2. The van der Waals surface area contributed by atoms with E-state index in [0.29, 0.717) is 22.2 Å². The molecular formula is C18H22ClNO2S. The molecule has 0 radical (unpaired) electrons. The van der Waals surface area contributed by atoms with Crippen LogP contribution >= 0.6 is 11.6 Å². The van der Waals surface area contributed by atoms with Gasteiger partial charge in [0.15, 0.2) is 0 Å². The molecule has 2 aromatic rings. The number of rotatable bonds is 4. The van der Waals surface area contributed by atoms with Crippen molar-refractivity contribution >= 4 is 27.3 Å². The Bertz CT molecular complexity index is 842. The van der Waals surface area contributed by atoms with Gasteiger partial charge in [-0.25, -0.2) is 8.42 Å². The predicted octanol–water partition coefficient (Wildman–Crippen LogP) is 5.19. The van der Waals surface area contributed by atoms with Gasteiger partial charge in [-0.1, -0.05) is 31.5 Å². The van der Waals surface area contributed by atoms with E-state index in [1.807, 2.05) is 19.1 Å². The Morgan fingerprint density at radius 1 is 0.957 bits per heavy atom. The summed E-state index contributed by atoms with van der Waals surface area (Å²) >= 11 is 6.05. The summed E-state index contributed by atoms with van der Waals surface area (Å²) in [5.41, 5.74) is 4.22. The normalized spacial score (nSPS) is 11.8. The van der Waals surface area contributed by atoms with E-state index in [4.69, 9.17) is 11.6 Å². The maximum atomic E-state index is 12.7. The van der Waals surface area contributed by atoms with Gasteiger partial charge < -0.3 is 0 Å². The Kier molecular flexibility index (Phi) is 5.07. The molecule has 0 aliphatic carbocycles. The number of anilines is 1. The van der Waals surface area contributed by atoms with E-state index in [1.165, 1.54) is 5.56 Å². The van der Waals surface area contributed by atoms with Gasteiger partial charge in [-0.3, -0.25) is 4.72 Å². The largest absolute Gasteiger partial charge is 0.280 e. The van der Waals surface area contributed by atoms with Gasteiger partial charge in [-0.15, -0.1) is 0 Å². The molecule has 0 saturated carbocycles. The first-order valence-corrected chi connectivity index (χ1v) is 9.38. The molecule has 0 aliphatic rings. The van der Waals surface area contributed by atoms with Crippen LogP contribution in [0, 0.1) is 20.8 Å². The van der Waals surface area contributed by atoms with E-state index in [2.05, 4.69) is 18.6 Å². The van der Waals surface area contributed by atoms with Gasteiger partial charge in [0.1, 0.15) is 0 Å². The molecule has 5 heteroatoms. The van der Waals surface area contributed by atoms with Crippen molar-refractivity contribution in [1.82, 2.24) is 0 Å². The van der Waals surface area contributed by atoms with Crippen molar-refractivity contribution in [2.45, 2.75) is 45.4 Å². The molecule has 0 spiro atoms. The van der Waals surface area contributed by atoms with Gasteiger partial charge in [0.2, 0.25) is 0 Å². The zero-order chi connectivity index (χ0) is 17.4. The highest BCUT2D eigenvalue weighted by Gasteiger charge is 2.19. The summed E-state index contributed by atoms with van der Waals surface area (Å²) in [6, 6.07) is 8.93. The first kappa shape index (κ1) is 17.8. The molecule has 2 rings (SSSR count). The smallest absolute Gasteiger partial charge is 0.262 e. The predicted molar refractivity (Wildman–Crippen MR) is 97.0 cm³/mol. The molecule has 0 aromatic heterocycles. The summed E-state index contributed by atoms with van der Waals surface area (Å²) in [6.45, 7) is 9.76. The number of benzene rings is 2. The molecule has 0 heterocycles. The minimum atomic E-state index is -3.64. The molecule has 0 atom stereocenters. The zero-order valence-corrected chi connectivity index (χ0v) is 15.6. The highest BCUT2D eigenvalue weighted by Crippen LogP contribution is 2.27. The second-order valence-corrected chi connectivity index (χ2v) is 8.26. The molecule has 0 fully saturated rings. The van der Waals surface area contributed by atoms with Crippen molar-refractivity contribution in [3.63, 3.8) is 0 Å². The van der Waals surface area contributed by atoms with Crippen LogP contribution in [0.4, 0.5) is 5.69 Å². The van der Waals surface area contributed by atoms with Crippen LogP contribution in [-0.4, -0.2) is 8.42 Å². The second-order valence-electron chi connectivity index (χ2n) is 6.20. The monoisotopic (exact) mass is 351 g/mol. The molecule has 0 bridgehead atoms. The average molecular weight is 352 g/mol.